The second kappa shape index (κ2) is 4.17. The van der Waals surface area contributed by atoms with Crippen molar-refractivity contribution < 1.29 is 14.4 Å². The molecule has 0 fully saturated rings. The smallest absolute Gasteiger partial charge is 0.261 e. The van der Waals surface area contributed by atoms with Gasteiger partial charge in [-0.3, -0.25) is 14.5 Å². The maximum atomic E-state index is 11.8. The van der Waals surface area contributed by atoms with E-state index in [1.54, 1.807) is 24.3 Å². The largest absolute Gasteiger partial charge is 0.302 e. The minimum Gasteiger partial charge on any atom is -0.302 e. The van der Waals surface area contributed by atoms with E-state index < -0.39 is 4.83 Å². The Morgan fingerprint density at radius 2 is 1.69 bits per heavy atom. The Bertz CT molecular complexity index is 437. The number of carbonyl (C=O) groups is 3. The van der Waals surface area contributed by atoms with Crippen molar-refractivity contribution in [1.29, 1.82) is 0 Å². The minimum atomic E-state index is -0.519. The third-order valence-corrected chi connectivity index (χ3v) is 2.89. The lowest BCUT2D eigenvalue weighted by atomic mass is 10.1. The van der Waals surface area contributed by atoms with Gasteiger partial charge in [0.05, 0.1) is 16.0 Å². The summed E-state index contributed by atoms with van der Waals surface area (Å²) >= 11 is 3.07. The van der Waals surface area contributed by atoms with Gasteiger partial charge in [0, 0.05) is 6.54 Å². The van der Waals surface area contributed by atoms with Crippen LogP contribution in [0.4, 0.5) is 0 Å². The van der Waals surface area contributed by atoms with Crippen LogP contribution >= 0.6 is 15.9 Å². The fourth-order valence-electron chi connectivity index (χ4n) is 1.62. The average Bonchev–Trinajstić information content (AvgIpc) is 2.55. The van der Waals surface area contributed by atoms with Gasteiger partial charge in [0.1, 0.15) is 6.29 Å². The molecule has 0 bridgehead atoms. The van der Waals surface area contributed by atoms with Crippen molar-refractivity contribution in [3.8, 4) is 0 Å². The van der Waals surface area contributed by atoms with Gasteiger partial charge in [-0.25, -0.2) is 0 Å². The van der Waals surface area contributed by atoms with Gasteiger partial charge in [-0.05, 0) is 12.1 Å². The topological polar surface area (TPSA) is 54.5 Å². The molecule has 0 N–H and O–H groups in total. The summed E-state index contributed by atoms with van der Waals surface area (Å²) in [6.07, 6.45) is 0.656. The molecule has 1 aliphatic rings. The normalized spacial score (nSPS) is 16.2. The van der Waals surface area contributed by atoms with E-state index in [2.05, 4.69) is 15.9 Å². The van der Waals surface area contributed by atoms with Crippen molar-refractivity contribution in [2.24, 2.45) is 0 Å². The molecule has 0 saturated carbocycles. The van der Waals surface area contributed by atoms with Crippen LogP contribution in [0, 0.1) is 0 Å². The maximum absolute atomic E-state index is 11.8. The van der Waals surface area contributed by atoms with Crippen molar-refractivity contribution in [3.63, 3.8) is 0 Å². The van der Waals surface area contributed by atoms with E-state index in [0.29, 0.717) is 17.4 Å². The molecular formula is C11H8BrNO3. The molecule has 1 aromatic rings. The number of aldehydes is 1. The van der Waals surface area contributed by atoms with E-state index in [1.165, 1.54) is 0 Å². The second-order valence-corrected chi connectivity index (χ2v) is 4.59. The van der Waals surface area contributed by atoms with Crippen molar-refractivity contribution in [2.45, 2.75) is 4.83 Å². The Morgan fingerprint density at radius 3 is 2.12 bits per heavy atom. The number of benzene rings is 1. The third kappa shape index (κ3) is 1.67. The van der Waals surface area contributed by atoms with Gasteiger partial charge < -0.3 is 4.79 Å². The molecule has 16 heavy (non-hydrogen) atoms. The maximum Gasteiger partial charge on any atom is 0.261 e. The standard InChI is InChI=1S/C11H8BrNO3/c12-7(6-14)5-13-10(15)8-3-1-2-4-9(8)11(13)16/h1-4,6-7H,5H2/t7-/m1/s1. The molecule has 0 aromatic heterocycles. The van der Waals surface area contributed by atoms with Crippen LogP contribution in [-0.4, -0.2) is 34.4 Å². The van der Waals surface area contributed by atoms with Gasteiger partial charge in [-0.15, -0.1) is 0 Å². The van der Waals surface area contributed by atoms with Crippen LogP contribution in [0.25, 0.3) is 0 Å². The highest BCUT2D eigenvalue weighted by molar-refractivity contribution is 9.10. The molecule has 1 atom stereocenters. The molecular weight excluding hydrogens is 274 g/mol. The summed E-state index contributed by atoms with van der Waals surface area (Å²) in [6.45, 7) is 0.0653. The molecule has 2 amide bonds. The molecule has 5 heteroatoms. The Labute approximate surface area is 100 Å². The highest BCUT2D eigenvalue weighted by atomic mass is 79.9. The zero-order valence-electron chi connectivity index (χ0n) is 8.22. The molecule has 0 aliphatic carbocycles. The zero-order valence-corrected chi connectivity index (χ0v) is 9.81. The first-order chi connectivity index (χ1) is 7.65. The van der Waals surface area contributed by atoms with Crippen molar-refractivity contribution in [1.82, 2.24) is 4.90 Å². The lowest BCUT2D eigenvalue weighted by molar-refractivity contribution is -0.107. The lowest BCUT2D eigenvalue weighted by Gasteiger charge is -2.14. The summed E-state index contributed by atoms with van der Waals surface area (Å²) in [4.78, 5) is 34.7. The summed E-state index contributed by atoms with van der Waals surface area (Å²) in [5.41, 5.74) is 0.802. The average molecular weight is 282 g/mol. The van der Waals surface area contributed by atoms with E-state index in [1.807, 2.05) is 0 Å². The number of amides is 2. The molecule has 1 heterocycles. The van der Waals surface area contributed by atoms with Crippen LogP contribution in [0.3, 0.4) is 0 Å². The van der Waals surface area contributed by atoms with Crippen LogP contribution in [0.2, 0.25) is 0 Å². The molecule has 1 aliphatic heterocycles. The SMILES string of the molecule is O=C[C@H](Br)CN1C(=O)c2ccccc2C1=O. The predicted molar refractivity (Wildman–Crippen MR) is 60.6 cm³/mol. The molecule has 0 saturated heterocycles. The highest BCUT2D eigenvalue weighted by Crippen LogP contribution is 2.22. The molecule has 82 valence electrons. The first-order valence-corrected chi connectivity index (χ1v) is 5.61. The Hall–Kier alpha value is -1.49. The van der Waals surface area contributed by atoms with E-state index in [-0.39, 0.29) is 18.4 Å². The van der Waals surface area contributed by atoms with Gasteiger partial charge in [-0.2, -0.15) is 0 Å². The predicted octanol–water partition coefficient (Wildman–Crippen LogP) is 1.24. The molecule has 1 aromatic carbocycles. The number of alkyl halides is 1. The number of hydrogen-bond acceptors (Lipinski definition) is 3. The summed E-state index contributed by atoms with van der Waals surface area (Å²) < 4.78 is 0. The Morgan fingerprint density at radius 1 is 1.19 bits per heavy atom. The Kier molecular flexibility index (Phi) is 2.87. The highest BCUT2D eigenvalue weighted by Gasteiger charge is 2.35. The molecule has 0 unspecified atom stereocenters. The quantitative estimate of drug-likeness (QED) is 0.476. The van der Waals surface area contributed by atoms with E-state index in [0.717, 1.165) is 4.90 Å². The van der Waals surface area contributed by atoms with Gasteiger partial charge in [0.2, 0.25) is 0 Å². The summed E-state index contributed by atoms with van der Waals surface area (Å²) in [6, 6.07) is 6.64. The number of hydrogen-bond donors (Lipinski definition) is 0. The van der Waals surface area contributed by atoms with Gasteiger partial charge in [-0.1, -0.05) is 28.1 Å². The fraction of sp³-hybridized carbons (Fsp3) is 0.182. The summed E-state index contributed by atoms with van der Waals surface area (Å²) in [5, 5.41) is 0. The van der Waals surface area contributed by atoms with Crippen LogP contribution in [0.1, 0.15) is 20.7 Å². The summed E-state index contributed by atoms with van der Waals surface area (Å²) in [5.74, 6) is -0.682. The lowest BCUT2D eigenvalue weighted by Crippen LogP contribution is -2.35. The van der Waals surface area contributed by atoms with Gasteiger partial charge in [0.15, 0.2) is 0 Å². The van der Waals surface area contributed by atoms with Crippen molar-refractivity contribution >= 4 is 34.0 Å². The number of nitrogens with zero attached hydrogens (tertiary/aromatic N) is 1. The molecule has 0 radical (unpaired) electrons. The Balaban J connectivity index is 2.31. The van der Waals surface area contributed by atoms with Crippen LogP contribution < -0.4 is 0 Å². The second-order valence-electron chi connectivity index (χ2n) is 3.42. The van der Waals surface area contributed by atoms with Crippen molar-refractivity contribution in [3.05, 3.63) is 35.4 Å². The van der Waals surface area contributed by atoms with E-state index in [9.17, 15) is 14.4 Å². The number of halogens is 1. The zero-order chi connectivity index (χ0) is 11.7. The first kappa shape index (κ1) is 11.0. The molecule has 4 nitrogen and oxygen atoms in total. The fourth-order valence-corrected chi connectivity index (χ4v) is 1.91. The van der Waals surface area contributed by atoms with Crippen LogP contribution in [-0.2, 0) is 4.79 Å². The van der Waals surface area contributed by atoms with Crippen LogP contribution in [0.15, 0.2) is 24.3 Å². The van der Waals surface area contributed by atoms with Crippen molar-refractivity contribution in [2.75, 3.05) is 6.54 Å². The first-order valence-electron chi connectivity index (χ1n) is 4.69. The number of rotatable bonds is 3. The monoisotopic (exact) mass is 281 g/mol. The number of carbonyl (C=O) groups excluding carboxylic acids is 3. The molecule has 0 spiro atoms. The number of fused-ring (bicyclic) bond motifs is 1. The van der Waals surface area contributed by atoms with E-state index >= 15 is 0 Å². The third-order valence-electron chi connectivity index (χ3n) is 2.38. The van der Waals surface area contributed by atoms with E-state index in [4.69, 9.17) is 0 Å². The minimum absolute atomic E-state index is 0.0653. The molecule has 2 rings (SSSR count). The van der Waals surface area contributed by atoms with Crippen LogP contribution in [0.5, 0.6) is 0 Å². The van der Waals surface area contributed by atoms with Gasteiger partial charge >= 0.3 is 0 Å². The van der Waals surface area contributed by atoms with Gasteiger partial charge in [0.25, 0.3) is 11.8 Å². The number of imide groups is 1. The summed E-state index contributed by atoms with van der Waals surface area (Å²) in [7, 11) is 0.